The van der Waals surface area contributed by atoms with Gasteiger partial charge in [0.1, 0.15) is 5.82 Å². The summed E-state index contributed by atoms with van der Waals surface area (Å²) in [5, 5.41) is 0. The summed E-state index contributed by atoms with van der Waals surface area (Å²) in [4.78, 5) is 42.1. The van der Waals surface area contributed by atoms with E-state index in [1.165, 1.54) is 12.1 Å². The van der Waals surface area contributed by atoms with Crippen molar-refractivity contribution in [1.82, 2.24) is 4.90 Å². The normalized spacial score (nSPS) is 13.5. The number of para-hydroxylation sites is 1. The molecule has 0 aromatic heterocycles. The lowest BCUT2D eigenvalue weighted by atomic mass is 9.94. The first-order valence-electron chi connectivity index (χ1n) is 11.5. The van der Waals surface area contributed by atoms with E-state index >= 15 is 0 Å². The molecule has 0 saturated carbocycles. The first-order valence-corrected chi connectivity index (χ1v) is 11.5. The highest BCUT2D eigenvalue weighted by atomic mass is 19.1. The second-order valence-electron chi connectivity index (χ2n) is 8.59. The molecule has 3 aromatic rings. The zero-order chi connectivity index (χ0) is 24.9. The van der Waals surface area contributed by atoms with Gasteiger partial charge < -0.3 is 14.5 Å². The molecule has 1 aliphatic rings. The lowest BCUT2D eigenvalue weighted by molar-refractivity contribution is -0.134. The van der Waals surface area contributed by atoms with Crippen molar-refractivity contribution in [3.8, 4) is 0 Å². The van der Waals surface area contributed by atoms with Crippen molar-refractivity contribution in [3.05, 3.63) is 100 Å². The number of ketones is 1. The summed E-state index contributed by atoms with van der Waals surface area (Å²) in [5.74, 6) is -1.62. The van der Waals surface area contributed by atoms with Gasteiger partial charge in [-0.2, -0.15) is 0 Å². The third kappa shape index (κ3) is 5.40. The van der Waals surface area contributed by atoms with Crippen LogP contribution in [0.25, 0.3) is 0 Å². The Morgan fingerprint density at radius 3 is 2.20 bits per heavy atom. The van der Waals surface area contributed by atoms with Gasteiger partial charge in [0.25, 0.3) is 5.91 Å². The molecule has 0 aliphatic carbocycles. The van der Waals surface area contributed by atoms with Crippen molar-refractivity contribution in [2.75, 3.05) is 37.7 Å². The second kappa shape index (κ2) is 10.5. The third-order valence-electron chi connectivity index (χ3n) is 6.18. The van der Waals surface area contributed by atoms with E-state index in [1.807, 2.05) is 30.9 Å². The fourth-order valence-corrected chi connectivity index (χ4v) is 4.19. The SMILES string of the molecule is Cc1ccc(C)c(C(=O)c2ccccc2C(=O)OCC(=O)N2CCN(c3ccccc3F)CC2)c1. The minimum atomic E-state index is -0.724. The standard InChI is InChI=1S/C28H27FN2O4/c1-19-11-12-20(2)23(17-19)27(33)21-7-3-4-8-22(21)28(34)35-18-26(32)31-15-13-30(14-16-31)25-10-6-5-9-24(25)29/h3-12,17H,13-16,18H2,1-2H3. The number of amides is 1. The maximum atomic E-state index is 14.0. The smallest absolute Gasteiger partial charge is 0.339 e. The molecule has 1 heterocycles. The first kappa shape index (κ1) is 24.1. The summed E-state index contributed by atoms with van der Waals surface area (Å²) in [5.41, 5.74) is 3.14. The van der Waals surface area contributed by atoms with Crippen LogP contribution in [-0.4, -0.2) is 55.3 Å². The molecule has 180 valence electrons. The summed E-state index contributed by atoms with van der Waals surface area (Å²) in [6.07, 6.45) is 0. The molecule has 1 fully saturated rings. The lowest BCUT2D eigenvalue weighted by Crippen LogP contribution is -2.50. The molecule has 1 amide bonds. The molecule has 0 N–H and O–H groups in total. The van der Waals surface area contributed by atoms with Gasteiger partial charge in [-0.15, -0.1) is 0 Å². The van der Waals surface area contributed by atoms with Crippen molar-refractivity contribution >= 4 is 23.3 Å². The van der Waals surface area contributed by atoms with E-state index in [1.54, 1.807) is 47.4 Å². The van der Waals surface area contributed by atoms with E-state index in [0.717, 1.165) is 11.1 Å². The van der Waals surface area contributed by atoms with Crippen LogP contribution in [0.1, 0.15) is 37.4 Å². The van der Waals surface area contributed by atoms with E-state index in [2.05, 4.69) is 0 Å². The Kier molecular flexibility index (Phi) is 7.25. The number of hydrogen-bond acceptors (Lipinski definition) is 5. The number of nitrogens with zero attached hydrogens (tertiary/aromatic N) is 2. The number of piperazine rings is 1. The molecule has 3 aromatic carbocycles. The van der Waals surface area contributed by atoms with E-state index in [-0.39, 0.29) is 28.6 Å². The summed E-state index contributed by atoms with van der Waals surface area (Å²) < 4.78 is 19.3. The number of hydrogen-bond donors (Lipinski definition) is 0. The molecule has 1 aliphatic heterocycles. The van der Waals surface area contributed by atoms with Gasteiger partial charge in [-0.1, -0.05) is 48.0 Å². The average Bonchev–Trinajstić information content (AvgIpc) is 2.88. The molecular formula is C28H27FN2O4. The fourth-order valence-electron chi connectivity index (χ4n) is 4.19. The van der Waals surface area contributed by atoms with Crippen LogP contribution in [0.15, 0.2) is 66.7 Å². The zero-order valence-corrected chi connectivity index (χ0v) is 19.8. The van der Waals surface area contributed by atoms with Gasteiger partial charge >= 0.3 is 5.97 Å². The van der Waals surface area contributed by atoms with Crippen LogP contribution in [0.2, 0.25) is 0 Å². The van der Waals surface area contributed by atoms with Crippen LogP contribution in [0.3, 0.4) is 0 Å². The Hall–Kier alpha value is -4.00. The molecule has 0 bridgehead atoms. The highest BCUT2D eigenvalue weighted by Crippen LogP contribution is 2.21. The summed E-state index contributed by atoms with van der Waals surface area (Å²) >= 11 is 0. The summed E-state index contributed by atoms with van der Waals surface area (Å²) in [7, 11) is 0. The fraction of sp³-hybridized carbons (Fsp3) is 0.250. The van der Waals surface area contributed by atoms with Crippen molar-refractivity contribution in [3.63, 3.8) is 0 Å². The average molecular weight is 475 g/mol. The van der Waals surface area contributed by atoms with E-state index in [9.17, 15) is 18.8 Å². The first-order chi connectivity index (χ1) is 16.8. The number of benzene rings is 3. The van der Waals surface area contributed by atoms with Gasteiger partial charge in [0, 0.05) is 37.3 Å². The number of rotatable bonds is 6. The molecule has 7 heteroatoms. The topological polar surface area (TPSA) is 66.9 Å². The summed E-state index contributed by atoms with van der Waals surface area (Å²) in [6, 6.07) is 18.6. The minimum absolute atomic E-state index is 0.121. The monoisotopic (exact) mass is 474 g/mol. The predicted molar refractivity (Wildman–Crippen MR) is 131 cm³/mol. The van der Waals surface area contributed by atoms with Crippen LogP contribution in [0, 0.1) is 19.7 Å². The van der Waals surface area contributed by atoms with Crippen LogP contribution in [-0.2, 0) is 9.53 Å². The van der Waals surface area contributed by atoms with Crippen LogP contribution in [0.4, 0.5) is 10.1 Å². The molecule has 0 atom stereocenters. The number of anilines is 1. The Balaban J connectivity index is 1.38. The third-order valence-corrected chi connectivity index (χ3v) is 6.18. The maximum absolute atomic E-state index is 14.0. The number of halogens is 1. The Morgan fingerprint density at radius 2 is 1.49 bits per heavy atom. The lowest BCUT2D eigenvalue weighted by Gasteiger charge is -2.36. The van der Waals surface area contributed by atoms with Crippen LogP contribution < -0.4 is 4.90 Å². The van der Waals surface area contributed by atoms with Gasteiger partial charge in [0.2, 0.25) is 0 Å². The molecular weight excluding hydrogens is 447 g/mol. The molecule has 0 radical (unpaired) electrons. The Bertz CT molecular complexity index is 1270. The van der Waals surface area contributed by atoms with Crippen molar-refractivity contribution in [1.29, 1.82) is 0 Å². The number of esters is 1. The van der Waals surface area contributed by atoms with Crippen LogP contribution >= 0.6 is 0 Å². The van der Waals surface area contributed by atoms with Gasteiger partial charge in [-0.05, 0) is 43.7 Å². The molecule has 35 heavy (non-hydrogen) atoms. The molecule has 4 rings (SSSR count). The second-order valence-corrected chi connectivity index (χ2v) is 8.59. The Labute approximate surface area is 203 Å². The van der Waals surface area contributed by atoms with E-state index in [4.69, 9.17) is 4.74 Å². The van der Waals surface area contributed by atoms with Gasteiger partial charge in [0.15, 0.2) is 12.4 Å². The minimum Gasteiger partial charge on any atom is -0.452 e. The zero-order valence-electron chi connectivity index (χ0n) is 19.8. The highest BCUT2D eigenvalue weighted by molar-refractivity contribution is 6.15. The van der Waals surface area contributed by atoms with Gasteiger partial charge in [0.05, 0.1) is 11.3 Å². The quantitative estimate of drug-likeness (QED) is 0.396. The van der Waals surface area contributed by atoms with E-state index < -0.39 is 12.6 Å². The number of carbonyl (C=O) groups is 3. The molecule has 6 nitrogen and oxygen atoms in total. The highest BCUT2D eigenvalue weighted by Gasteiger charge is 2.25. The molecule has 0 spiro atoms. The Morgan fingerprint density at radius 1 is 0.829 bits per heavy atom. The van der Waals surface area contributed by atoms with E-state index in [0.29, 0.717) is 37.4 Å². The van der Waals surface area contributed by atoms with Crippen molar-refractivity contribution in [2.45, 2.75) is 13.8 Å². The number of ether oxygens (including phenoxy) is 1. The van der Waals surface area contributed by atoms with Crippen molar-refractivity contribution < 1.29 is 23.5 Å². The van der Waals surface area contributed by atoms with Crippen molar-refractivity contribution in [2.24, 2.45) is 0 Å². The van der Waals surface area contributed by atoms with Crippen LogP contribution in [0.5, 0.6) is 0 Å². The number of carbonyl (C=O) groups excluding carboxylic acids is 3. The molecule has 1 saturated heterocycles. The number of aryl methyl sites for hydroxylation is 2. The predicted octanol–water partition coefficient (Wildman–Crippen LogP) is 4.18. The largest absolute Gasteiger partial charge is 0.452 e. The summed E-state index contributed by atoms with van der Waals surface area (Å²) in [6.45, 7) is 5.07. The van der Waals surface area contributed by atoms with Gasteiger partial charge in [-0.3, -0.25) is 9.59 Å². The van der Waals surface area contributed by atoms with Gasteiger partial charge in [-0.25, -0.2) is 9.18 Å². The maximum Gasteiger partial charge on any atom is 0.339 e. The molecule has 0 unspecified atom stereocenters.